The molecule has 1 aliphatic heterocycles. The third-order valence-corrected chi connectivity index (χ3v) is 8.96. The standard InChI is InChI=1S/C24H37N5OS/c1-16-21-15-22(31-24(21)29(27-16)20-5-3-2-4-6-20)23(30)26-18-7-9-19(10-8-18)28-13-11-17(25)12-14-28/h15,17-20H,2-14,25H2,1H3,(H,26,30). The molecule has 2 aliphatic carbocycles. The van der Waals surface area contributed by atoms with Gasteiger partial charge in [-0.2, -0.15) is 5.10 Å². The van der Waals surface area contributed by atoms with E-state index in [0.717, 1.165) is 54.7 Å². The molecule has 7 heteroatoms. The summed E-state index contributed by atoms with van der Waals surface area (Å²) in [4.78, 5) is 17.7. The van der Waals surface area contributed by atoms with E-state index in [9.17, 15) is 4.79 Å². The highest BCUT2D eigenvalue weighted by molar-refractivity contribution is 7.20. The van der Waals surface area contributed by atoms with E-state index in [1.54, 1.807) is 11.3 Å². The summed E-state index contributed by atoms with van der Waals surface area (Å²) >= 11 is 1.63. The van der Waals surface area contributed by atoms with Crippen LogP contribution in [0, 0.1) is 6.92 Å². The van der Waals surface area contributed by atoms with Gasteiger partial charge in [0.25, 0.3) is 5.91 Å². The van der Waals surface area contributed by atoms with Crippen LogP contribution >= 0.6 is 11.3 Å². The van der Waals surface area contributed by atoms with E-state index in [-0.39, 0.29) is 5.91 Å². The first-order valence-corrected chi connectivity index (χ1v) is 13.2. The molecular weight excluding hydrogens is 406 g/mol. The maximum atomic E-state index is 13.0. The number of nitrogens with one attached hydrogen (secondary N) is 1. The van der Waals surface area contributed by atoms with Crippen LogP contribution in [0.5, 0.6) is 0 Å². The van der Waals surface area contributed by atoms with Crippen LogP contribution in [0.3, 0.4) is 0 Å². The number of hydrogen-bond donors (Lipinski definition) is 2. The Balaban J connectivity index is 1.20. The number of piperidine rings is 1. The zero-order chi connectivity index (χ0) is 21.4. The molecule has 0 unspecified atom stereocenters. The summed E-state index contributed by atoms with van der Waals surface area (Å²) in [6, 6.07) is 3.94. The average molecular weight is 444 g/mol. The molecule has 0 spiro atoms. The molecular formula is C24H37N5OS. The number of likely N-dealkylation sites (tertiary alicyclic amines) is 1. The number of fused-ring (bicyclic) bond motifs is 1. The molecule has 3 fully saturated rings. The van der Waals surface area contributed by atoms with Crippen LogP contribution in [0.4, 0.5) is 0 Å². The Morgan fingerprint density at radius 2 is 1.74 bits per heavy atom. The number of aryl methyl sites for hydroxylation is 1. The van der Waals surface area contributed by atoms with Gasteiger partial charge in [-0.25, -0.2) is 0 Å². The maximum Gasteiger partial charge on any atom is 0.261 e. The highest BCUT2D eigenvalue weighted by Crippen LogP contribution is 2.35. The van der Waals surface area contributed by atoms with Crippen molar-refractivity contribution >= 4 is 27.5 Å². The summed E-state index contributed by atoms with van der Waals surface area (Å²) in [5, 5.41) is 9.33. The number of aromatic nitrogens is 2. The van der Waals surface area contributed by atoms with Gasteiger partial charge in [-0.3, -0.25) is 9.48 Å². The SMILES string of the molecule is Cc1nn(C2CCCCC2)c2sc(C(=O)NC3CCC(N4CCC(N)CC4)CC3)cc12. The lowest BCUT2D eigenvalue weighted by Gasteiger charge is -2.40. The van der Waals surface area contributed by atoms with Gasteiger partial charge >= 0.3 is 0 Å². The Morgan fingerprint density at radius 3 is 2.45 bits per heavy atom. The average Bonchev–Trinajstić information content (AvgIpc) is 3.36. The van der Waals surface area contributed by atoms with Crippen LogP contribution < -0.4 is 11.1 Å². The first-order valence-electron chi connectivity index (χ1n) is 12.4. The van der Waals surface area contributed by atoms with E-state index < -0.39 is 0 Å². The van der Waals surface area contributed by atoms with E-state index in [0.29, 0.717) is 24.2 Å². The molecule has 0 radical (unpaired) electrons. The van der Waals surface area contributed by atoms with E-state index in [1.807, 2.05) is 0 Å². The van der Waals surface area contributed by atoms with Crippen molar-refractivity contribution in [3.05, 3.63) is 16.6 Å². The molecule has 170 valence electrons. The molecule has 6 nitrogen and oxygen atoms in total. The molecule has 3 heterocycles. The third kappa shape index (κ3) is 4.55. The monoisotopic (exact) mass is 443 g/mol. The number of hydrogen-bond acceptors (Lipinski definition) is 5. The third-order valence-electron chi connectivity index (χ3n) is 7.83. The Morgan fingerprint density at radius 1 is 1.03 bits per heavy atom. The van der Waals surface area contributed by atoms with Crippen molar-refractivity contribution in [2.75, 3.05) is 13.1 Å². The van der Waals surface area contributed by atoms with Gasteiger partial charge in [0.1, 0.15) is 4.83 Å². The number of nitrogens with two attached hydrogens (primary N) is 1. The van der Waals surface area contributed by atoms with Crippen molar-refractivity contribution in [3.63, 3.8) is 0 Å². The highest BCUT2D eigenvalue weighted by Gasteiger charge is 2.29. The van der Waals surface area contributed by atoms with E-state index in [4.69, 9.17) is 10.8 Å². The molecule has 1 saturated heterocycles. The van der Waals surface area contributed by atoms with E-state index in [1.165, 1.54) is 49.8 Å². The number of rotatable bonds is 4. The summed E-state index contributed by atoms with van der Waals surface area (Å²) in [6.45, 7) is 4.36. The van der Waals surface area contributed by atoms with Crippen LogP contribution in [-0.2, 0) is 0 Å². The molecule has 3 N–H and O–H groups in total. The number of amides is 1. The summed E-state index contributed by atoms with van der Waals surface area (Å²) in [5.41, 5.74) is 7.11. The van der Waals surface area contributed by atoms with Gasteiger partial charge in [0.2, 0.25) is 0 Å². The number of thiophene rings is 1. The van der Waals surface area contributed by atoms with Gasteiger partial charge in [0.05, 0.1) is 16.6 Å². The topological polar surface area (TPSA) is 76.2 Å². The lowest BCUT2D eigenvalue weighted by Crippen LogP contribution is -2.48. The molecule has 5 rings (SSSR count). The first kappa shape index (κ1) is 21.4. The summed E-state index contributed by atoms with van der Waals surface area (Å²) in [5.74, 6) is 0.100. The molecule has 2 aromatic rings. The van der Waals surface area contributed by atoms with Crippen molar-refractivity contribution in [1.82, 2.24) is 20.0 Å². The Hall–Kier alpha value is -1.44. The molecule has 0 aromatic carbocycles. The molecule has 0 atom stereocenters. The van der Waals surface area contributed by atoms with Crippen molar-refractivity contribution in [3.8, 4) is 0 Å². The van der Waals surface area contributed by atoms with Gasteiger partial charge in [-0.05, 0) is 77.4 Å². The van der Waals surface area contributed by atoms with Crippen molar-refractivity contribution < 1.29 is 4.79 Å². The van der Waals surface area contributed by atoms with Crippen LogP contribution in [0.15, 0.2) is 6.07 Å². The smallest absolute Gasteiger partial charge is 0.261 e. The minimum Gasteiger partial charge on any atom is -0.349 e. The molecule has 31 heavy (non-hydrogen) atoms. The fourth-order valence-electron chi connectivity index (χ4n) is 5.88. The zero-order valence-corrected chi connectivity index (χ0v) is 19.6. The van der Waals surface area contributed by atoms with Crippen LogP contribution in [0.1, 0.15) is 92.0 Å². The lowest BCUT2D eigenvalue weighted by atomic mass is 9.88. The number of carbonyl (C=O) groups excluding carboxylic acids is 1. The van der Waals surface area contributed by atoms with Gasteiger partial charge in [-0.15, -0.1) is 11.3 Å². The second-order valence-corrected chi connectivity index (χ2v) is 11.0. The Labute approximate surface area is 189 Å². The minimum absolute atomic E-state index is 0.100. The quantitative estimate of drug-likeness (QED) is 0.735. The first-order chi connectivity index (χ1) is 15.1. The maximum absolute atomic E-state index is 13.0. The predicted molar refractivity (Wildman–Crippen MR) is 127 cm³/mol. The Bertz CT molecular complexity index is 899. The normalized spacial score (nSPS) is 27.0. The molecule has 2 saturated carbocycles. The minimum atomic E-state index is 0.100. The second kappa shape index (κ2) is 9.20. The fraction of sp³-hybridized carbons (Fsp3) is 0.750. The zero-order valence-electron chi connectivity index (χ0n) is 18.8. The van der Waals surface area contributed by atoms with Gasteiger partial charge < -0.3 is 16.0 Å². The van der Waals surface area contributed by atoms with Gasteiger partial charge in [0, 0.05) is 23.5 Å². The van der Waals surface area contributed by atoms with Crippen LogP contribution in [0.25, 0.3) is 10.2 Å². The highest BCUT2D eigenvalue weighted by atomic mass is 32.1. The van der Waals surface area contributed by atoms with Crippen molar-refractivity contribution in [2.24, 2.45) is 5.73 Å². The lowest BCUT2D eigenvalue weighted by molar-refractivity contribution is 0.0883. The summed E-state index contributed by atoms with van der Waals surface area (Å²) in [7, 11) is 0. The fourth-order valence-corrected chi connectivity index (χ4v) is 7.02. The number of carbonyl (C=O) groups is 1. The summed E-state index contributed by atoms with van der Waals surface area (Å²) in [6.07, 6.45) is 13.1. The van der Waals surface area contributed by atoms with Crippen molar-refractivity contribution in [2.45, 2.75) is 102 Å². The molecule has 2 aromatic heterocycles. The summed E-state index contributed by atoms with van der Waals surface area (Å²) < 4.78 is 2.22. The van der Waals surface area contributed by atoms with Crippen molar-refractivity contribution in [1.29, 1.82) is 0 Å². The van der Waals surface area contributed by atoms with E-state index in [2.05, 4.69) is 27.9 Å². The molecule has 1 amide bonds. The second-order valence-electron chi connectivity index (χ2n) is 10.0. The predicted octanol–water partition coefficient (Wildman–Crippen LogP) is 4.38. The largest absolute Gasteiger partial charge is 0.349 e. The number of nitrogens with zero attached hydrogens (tertiary/aromatic N) is 3. The van der Waals surface area contributed by atoms with Gasteiger partial charge in [-0.1, -0.05) is 19.3 Å². The van der Waals surface area contributed by atoms with Crippen LogP contribution in [-0.4, -0.2) is 51.8 Å². The van der Waals surface area contributed by atoms with Gasteiger partial charge in [0.15, 0.2) is 0 Å². The van der Waals surface area contributed by atoms with E-state index >= 15 is 0 Å². The molecule has 0 bridgehead atoms. The van der Waals surface area contributed by atoms with Crippen LogP contribution in [0.2, 0.25) is 0 Å². The Kier molecular flexibility index (Phi) is 6.35. The molecule has 3 aliphatic rings.